The van der Waals surface area contributed by atoms with Crippen molar-refractivity contribution < 1.29 is 12.8 Å². The number of likely N-dealkylation sites (tertiary alicyclic amines) is 1. The molecule has 8 heteroatoms. The van der Waals surface area contributed by atoms with Crippen LogP contribution >= 0.6 is 0 Å². The van der Waals surface area contributed by atoms with Crippen LogP contribution in [0.3, 0.4) is 0 Å². The number of hydrogen-bond acceptors (Lipinski definition) is 6. The molecule has 1 aromatic carbocycles. The Morgan fingerprint density at radius 1 is 1.21 bits per heavy atom. The lowest BCUT2D eigenvalue weighted by Crippen LogP contribution is -2.46. The highest BCUT2D eigenvalue weighted by atomic mass is 32.2. The van der Waals surface area contributed by atoms with E-state index in [4.69, 9.17) is 4.42 Å². The van der Waals surface area contributed by atoms with Gasteiger partial charge in [0.15, 0.2) is 0 Å². The minimum Gasteiger partial charge on any atom is -0.425 e. The predicted molar refractivity (Wildman–Crippen MR) is 106 cm³/mol. The zero-order chi connectivity index (χ0) is 19.9. The van der Waals surface area contributed by atoms with Gasteiger partial charge < -0.3 is 9.32 Å². The van der Waals surface area contributed by atoms with Crippen molar-refractivity contribution in [3.8, 4) is 0 Å². The van der Waals surface area contributed by atoms with Gasteiger partial charge in [0.05, 0.1) is 10.8 Å². The second kappa shape index (κ2) is 7.24. The lowest BCUT2D eigenvalue weighted by Gasteiger charge is -2.41. The maximum atomic E-state index is 13.1. The van der Waals surface area contributed by atoms with Crippen LogP contribution in [0.1, 0.15) is 43.0 Å². The Morgan fingerprint density at radius 2 is 1.93 bits per heavy atom. The van der Waals surface area contributed by atoms with Crippen LogP contribution in [0.2, 0.25) is 0 Å². The summed E-state index contributed by atoms with van der Waals surface area (Å²) in [7, 11) is -1.36. The number of piperidine rings is 1. The molecule has 4 rings (SSSR count). The highest BCUT2D eigenvalue weighted by Crippen LogP contribution is 2.49. The molecule has 0 amide bonds. The van der Waals surface area contributed by atoms with Crippen molar-refractivity contribution in [3.63, 3.8) is 0 Å². The third-order valence-corrected chi connectivity index (χ3v) is 8.39. The SMILES string of the molecule is CCc1nnc(C2CN(C)CC23CCN(S(=O)(=O)c2ccccc2C)CC3)o1. The standard InChI is InChI=1S/C20H28N4O3S/c1-4-18-21-22-19(27-18)16-13-23(3)14-20(16)9-11-24(12-10-20)28(25,26)17-8-6-5-7-15(17)2/h5-8,16H,4,9-14H2,1-3H3. The van der Waals surface area contributed by atoms with Crippen LogP contribution in [0.25, 0.3) is 0 Å². The van der Waals surface area contributed by atoms with Gasteiger partial charge >= 0.3 is 0 Å². The molecule has 2 aliphatic rings. The first kappa shape index (κ1) is 19.5. The molecule has 2 aromatic rings. The Bertz CT molecular complexity index is 948. The fourth-order valence-electron chi connectivity index (χ4n) is 4.77. The fraction of sp³-hybridized carbons (Fsp3) is 0.600. The van der Waals surface area contributed by atoms with Gasteiger partial charge in [0.2, 0.25) is 21.8 Å². The summed E-state index contributed by atoms with van der Waals surface area (Å²) in [5.41, 5.74) is 0.781. The topological polar surface area (TPSA) is 79.5 Å². The van der Waals surface area contributed by atoms with Gasteiger partial charge in [-0.25, -0.2) is 8.42 Å². The molecule has 0 N–H and O–H groups in total. The van der Waals surface area contributed by atoms with Gasteiger partial charge in [0.25, 0.3) is 0 Å². The van der Waals surface area contributed by atoms with Crippen molar-refractivity contribution in [1.82, 2.24) is 19.4 Å². The largest absolute Gasteiger partial charge is 0.425 e. The van der Waals surface area contributed by atoms with Gasteiger partial charge in [-0.3, -0.25) is 0 Å². The molecule has 7 nitrogen and oxygen atoms in total. The highest BCUT2D eigenvalue weighted by molar-refractivity contribution is 7.89. The van der Waals surface area contributed by atoms with Crippen LogP contribution < -0.4 is 0 Å². The molecule has 2 saturated heterocycles. The molecule has 1 spiro atoms. The molecule has 152 valence electrons. The lowest BCUT2D eigenvalue weighted by molar-refractivity contribution is 0.134. The molecule has 1 aromatic heterocycles. The average Bonchev–Trinajstić information content (AvgIpc) is 3.26. The third kappa shape index (κ3) is 3.27. The second-order valence-corrected chi connectivity index (χ2v) is 10.1. The number of aryl methyl sites for hydroxylation is 2. The molecule has 0 radical (unpaired) electrons. The van der Waals surface area contributed by atoms with Crippen molar-refractivity contribution >= 4 is 10.0 Å². The number of nitrogens with zero attached hydrogens (tertiary/aromatic N) is 4. The lowest BCUT2D eigenvalue weighted by atomic mass is 9.71. The van der Waals surface area contributed by atoms with Crippen LogP contribution in [0.5, 0.6) is 0 Å². The summed E-state index contributed by atoms with van der Waals surface area (Å²) in [6, 6.07) is 7.20. The van der Waals surface area contributed by atoms with E-state index in [1.54, 1.807) is 16.4 Å². The summed E-state index contributed by atoms with van der Waals surface area (Å²) in [6.45, 7) is 6.70. The molecule has 1 atom stereocenters. The molecule has 0 saturated carbocycles. The summed E-state index contributed by atoms with van der Waals surface area (Å²) in [5, 5.41) is 8.45. The van der Waals surface area contributed by atoms with E-state index in [1.807, 2.05) is 26.0 Å². The van der Waals surface area contributed by atoms with E-state index in [2.05, 4.69) is 22.1 Å². The number of benzene rings is 1. The van der Waals surface area contributed by atoms with Crippen LogP contribution in [0.4, 0.5) is 0 Å². The van der Waals surface area contributed by atoms with Crippen molar-refractivity contribution in [1.29, 1.82) is 0 Å². The smallest absolute Gasteiger partial charge is 0.243 e. The Labute approximate surface area is 166 Å². The molecular formula is C20H28N4O3S. The molecule has 3 heterocycles. The maximum Gasteiger partial charge on any atom is 0.243 e. The number of sulfonamides is 1. The minimum atomic E-state index is -3.47. The van der Waals surface area contributed by atoms with E-state index in [-0.39, 0.29) is 11.3 Å². The zero-order valence-electron chi connectivity index (χ0n) is 16.8. The van der Waals surface area contributed by atoms with Gasteiger partial charge in [0, 0.05) is 32.6 Å². The first-order valence-corrected chi connectivity index (χ1v) is 11.4. The van der Waals surface area contributed by atoms with Gasteiger partial charge in [-0.05, 0) is 43.9 Å². The van der Waals surface area contributed by atoms with Crippen LogP contribution in [-0.4, -0.2) is 61.0 Å². The van der Waals surface area contributed by atoms with Crippen molar-refractivity contribution in [3.05, 3.63) is 41.6 Å². The summed E-state index contributed by atoms with van der Waals surface area (Å²) in [4.78, 5) is 2.71. The number of hydrogen-bond donors (Lipinski definition) is 0. The number of rotatable bonds is 4. The summed E-state index contributed by atoms with van der Waals surface area (Å²) >= 11 is 0. The summed E-state index contributed by atoms with van der Waals surface area (Å²) < 4.78 is 33.8. The number of likely N-dealkylation sites (N-methyl/N-ethyl adjacent to an activating group) is 1. The van der Waals surface area contributed by atoms with E-state index in [9.17, 15) is 8.42 Å². The first-order valence-electron chi connectivity index (χ1n) is 9.92. The van der Waals surface area contributed by atoms with Gasteiger partial charge in [-0.2, -0.15) is 4.31 Å². The van der Waals surface area contributed by atoms with Crippen LogP contribution in [-0.2, 0) is 16.4 Å². The second-order valence-electron chi connectivity index (χ2n) is 8.17. The average molecular weight is 405 g/mol. The first-order chi connectivity index (χ1) is 13.4. The van der Waals surface area contributed by atoms with Crippen molar-refractivity contribution in [2.75, 3.05) is 33.2 Å². The summed E-state index contributed by atoms with van der Waals surface area (Å²) in [6.07, 6.45) is 2.33. The van der Waals surface area contributed by atoms with Gasteiger partial charge in [-0.1, -0.05) is 25.1 Å². The Hall–Kier alpha value is -1.77. The summed E-state index contributed by atoms with van der Waals surface area (Å²) in [5.74, 6) is 1.53. The van der Waals surface area contributed by atoms with Crippen LogP contribution in [0.15, 0.2) is 33.6 Å². The van der Waals surface area contributed by atoms with Crippen LogP contribution in [0, 0.1) is 12.3 Å². The minimum absolute atomic E-state index is 0.00987. The van der Waals surface area contributed by atoms with E-state index in [0.29, 0.717) is 29.8 Å². The Kier molecular flexibility index (Phi) is 5.05. The monoisotopic (exact) mass is 404 g/mol. The molecule has 2 aliphatic heterocycles. The normalized spacial score (nSPS) is 23.5. The van der Waals surface area contributed by atoms with Gasteiger partial charge in [-0.15, -0.1) is 10.2 Å². The number of aromatic nitrogens is 2. The zero-order valence-corrected chi connectivity index (χ0v) is 17.6. The Morgan fingerprint density at radius 3 is 2.57 bits per heavy atom. The molecule has 2 fully saturated rings. The molecule has 0 aliphatic carbocycles. The molecular weight excluding hydrogens is 376 g/mol. The molecule has 28 heavy (non-hydrogen) atoms. The highest BCUT2D eigenvalue weighted by Gasteiger charge is 2.51. The van der Waals surface area contributed by atoms with E-state index < -0.39 is 10.0 Å². The van der Waals surface area contributed by atoms with Gasteiger partial charge in [0.1, 0.15) is 0 Å². The molecule has 0 bridgehead atoms. The maximum absolute atomic E-state index is 13.1. The van der Waals surface area contributed by atoms with Crippen molar-refractivity contribution in [2.24, 2.45) is 5.41 Å². The third-order valence-electron chi connectivity index (χ3n) is 6.33. The quantitative estimate of drug-likeness (QED) is 0.779. The fourth-order valence-corrected chi connectivity index (χ4v) is 6.44. The van der Waals surface area contributed by atoms with E-state index in [1.165, 1.54) is 0 Å². The predicted octanol–water partition coefficient (Wildman–Crippen LogP) is 2.44. The van der Waals surface area contributed by atoms with E-state index in [0.717, 1.165) is 37.9 Å². The molecule has 1 unspecified atom stereocenters. The van der Waals surface area contributed by atoms with E-state index >= 15 is 0 Å². The van der Waals surface area contributed by atoms with Crippen molar-refractivity contribution in [2.45, 2.75) is 43.9 Å². The Balaban J connectivity index is 1.56.